The molecule has 0 atom stereocenters. The SMILES string of the molecule is Fc1ccc2ccnn2c1. The normalized spacial score (nSPS) is 10.5. The van der Waals surface area contributed by atoms with Gasteiger partial charge in [-0.3, -0.25) is 0 Å². The van der Waals surface area contributed by atoms with E-state index in [1.807, 2.05) is 6.07 Å². The van der Waals surface area contributed by atoms with Crippen LogP contribution >= 0.6 is 0 Å². The van der Waals surface area contributed by atoms with E-state index < -0.39 is 0 Å². The third kappa shape index (κ3) is 0.673. The van der Waals surface area contributed by atoms with Gasteiger partial charge >= 0.3 is 0 Å². The van der Waals surface area contributed by atoms with Crippen LogP contribution < -0.4 is 0 Å². The number of hydrogen-bond donors (Lipinski definition) is 0. The molecule has 10 heavy (non-hydrogen) atoms. The minimum absolute atomic E-state index is 0.267. The molecule has 2 rings (SSSR count). The predicted octanol–water partition coefficient (Wildman–Crippen LogP) is 1.47. The average molecular weight is 136 g/mol. The summed E-state index contributed by atoms with van der Waals surface area (Å²) in [5.74, 6) is -0.267. The molecule has 0 saturated heterocycles. The molecule has 0 aromatic carbocycles. The van der Waals surface area contributed by atoms with Crippen LogP contribution in [0.4, 0.5) is 4.39 Å². The summed E-state index contributed by atoms with van der Waals surface area (Å²) < 4.78 is 13.9. The van der Waals surface area contributed by atoms with Gasteiger partial charge in [-0.2, -0.15) is 5.10 Å². The van der Waals surface area contributed by atoms with Crippen molar-refractivity contribution in [2.24, 2.45) is 0 Å². The van der Waals surface area contributed by atoms with Crippen molar-refractivity contribution in [2.45, 2.75) is 0 Å². The zero-order valence-electron chi connectivity index (χ0n) is 5.16. The van der Waals surface area contributed by atoms with Gasteiger partial charge in [0.2, 0.25) is 0 Å². The van der Waals surface area contributed by atoms with E-state index in [0.717, 1.165) is 5.52 Å². The fourth-order valence-corrected chi connectivity index (χ4v) is 0.889. The third-order valence-corrected chi connectivity index (χ3v) is 1.36. The highest BCUT2D eigenvalue weighted by Gasteiger charge is 1.92. The highest BCUT2D eigenvalue weighted by molar-refractivity contribution is 5.44. The van der Waals surface area contributed by atoms with E-state index in [-0.39, 0.29) is 5.82 Å². The molecule has 0 aliphatic heterocycles. The van der Waals surface area contributed by atoms with Crippen LogP contribution in [0.15, 0.2) is 30.6 Å². The molecule has 0 aliphatic carbocycles. The molecule has 0 unspecified atom stereocenters. The molecule has 0 radical (unpaired) electrons. The van der Waals surface area contributed by atoms with Gasteiger partial charge < -0.3 is 0 Å². The van der Waals surface area contributed by atoms with E-state index in [1.54, 1.807) is 12.3 Å². The van der Waals surface area contributed by atoms with E-state index in [0.29, 0.717) is 0 Å². The largest absolute Gasteiger partial charge is 0.238 e. The summed E-state index contributed by atoms with van der Waals surface area (Å²) in [7, 11) is 0. The fraction of sp³-hybridized carbons (Fsp3) is 0. The number of fused-ring (bicyclic) bond motifs is 1. The zero-order valence-corrected chi connectivity index (χ0v) is 5.16. The first-order valence-electron chi connectivity index (χ1n) is 2.95. The first kappa shape index (κ1) is 5.41. The first-order chi connectivity index (χ1) is 4.86. The molecule has 2 heterocycles. The molecule has 50 valence electrons. The summed E-state index contributed by atoms with van der Waals surface area (Å²) in [6, 6.07) is 4.92. The standard InChI is InChI=1S/C7H5FN2/c8-6-1-2-7-3-4-9-10(7)5-6/h1-5H. The maximum absolute atomic E-state index is 12.5. The first-order valence-corrected chi connectivity index (χ1v) is 2.95. The number of rotatable bonds is 0. The lowest BCUT2D eigenvalue weighted by molar-refractivity contribution is 0.615. The molecular weight excluding hydrogens is 131 g/mol. The Morgan fingerprint density at radius 2 is 2.20 bits per heavy atom. The van der Waals surface area contributed by atoms with Crippen molar-refractivity contribution in [2.75, 3.05) is 0 Å². The molecule has 0 bridgehead atoms. The summed E-state index contributed by atoms with van der Waals surface area (Å²) in [6.45, 7) is 0. The van der Waals surface area contributed by atoms with Crippen LogP contribution in [0, 0.1) is 5.82 Å². The summed E-state index contributed by atoms with van der Waals surface area (Å²) >= 11 is 0. The van der Waals surface area contributed by atoms with Gasteiger partial charge in [0, 0.05) is 6.20 Å². The lowest BCUT2D eigenvalue weighted by Gasteiger charge is -1.90. The van der Waals surface area contributed by atoms with Crippen LogP contribution in [0.3, 0.4) is 0 Å². The number of hydrogen-bond acceptors (Lipinski definition) is 1. The molecule has 0 aliphatic rings. The lowest BCUT2D eigenvalue weighted by atomic mass is 10.4. The maximum atomic E-state index is 12.5. The minimum Gasteiger partial charge on any atom is -0.238 e. The summed E-state index contributed by atoms with van der Waals surface area (Å²) in [4.78, 5) is 0. The number of pyridine rings is 1. The van der Waals surface area contributed by atoms with Crippen LogP contribution in [0.5, 0.6) is 0 Å². The Morgan fingerprint density at radius 1 is 1.30 bits per heavy atom. The Hall–Kier alpha value is -1.38. The maximum Gasteiger partial charge on any atom is 0.141 e. The molecule has 0 saturated carbocycles. The second-order valence-corrected chi connectivity index (χ2v) is 2.05. The Morgan fingerprint density at radius 3 is 3.10 bits per heavy atom. The van der Waals surface area contributed by atoms with E-state index in [1.165, 1.54) is 16.8 Å². The minimum atomic E-state index is -0.267. The third-order valence-electron chi connectivity index (χ3n) is 1.36. The van der Waals surface area contributed by atoms with Gasteiger partial charge in [0.25, 0.3) is 0 Å². The van der Waals surface area contributed by atoms with Gasteiger partial charge in [-0.15, -0.1) is 0 Å². The summed E-state index contributed by atoms with van der Waals surface area (Å²) in [6.07, 6.45) is 2.98. The highest BCUT2D eigenvalue weighted by atomic mass is 19.1. The molecule has 2 nitrogen and oxygen atoms in total. The van der Waals surface area contributed by atoms with Crippen molar-refractivity contribution < 1.29 is 4.39 Å². The van der Waals surface area contributed by atoms with Crippen molar-refractivity contribution in [3.05, 3.63) is 36.4 Å². The predicted molar refractivity (Wildman–Crippen MR) is 35.2 cm³/mol. The Kier molecular flexibility index (Phi) is 0.974. The van der Waals surface area contributed by atoms with Crippen LogP contribution in [0.2, 0.25) is 0 Å². The fourth-order valence-electron chi connectivity index (χ4n) is 0.889. The summed E-state index contributed by atoms with van der Waals surface area (Å²) in [5, 5.41) is 3.86. The molecule has 0 N–H and O–H groups in total. The Labute approximate surface area is 56.9 Å². The van der Waals surface area contributed by atoms with Crippen LogP contribution in [0.1, 0.15) is 0 Å². The van der Waals surface area contributed by atoms with Gasteiger partial charge in [0.15, 0.2) is 0 Å². The number of aromatic nitrogens is 2. The topological polar surface area (TPSA) is 17.3 Å². The monoisotopic (exact) mass is 136 g/mol. The van der Waals surface area contributed by atoms with E-state index in [2.05, 4.69) is 5.10 Å². The van der Waals surface area contributed by atoms with Crippen LogP contribution in [-0.2, 0) is 0 Å². The molecule has 2 aromatic heterocycles. The van der Waals surface area contributed by atoms with Gasteiger partial charge in [-0.25, -0.2) is 8.91 Å². The van der Waals surface area contributed by atoms with Crippen LogP contribution in [-0.4, -0.2) is 9.61 Å². The quantitative estimate of drug-likeness (QED) is 0.536. The van der Waals surface area contributed by atoms with Crippen molar-refractivity contribution in [3.63, 3.8) is 0 Å². The second-order valence-electron chi connectivity index (χ2n) is 2.05. The Bertz CT molecular complexity index is 353. The van der Waals surface area contributed by atoms with Gasteiger partial charge in [-0.1, -0.05) is 0 Å². The van der Waals surface area contributed by atoms with Gasteiger partial charge in [-0.05, 0) is 18.2 Å². The van der Waals surface area contributed by atoms with Crippen molar-refractivity contribution in [1.29, 1.82) is 0 Å². The van der Waals surface area contributed by atoms with Crippen molar-refractivity contribution in [3.8, 4) is 0 Å². The Balaban J connectivity index is 2.86. The molecular formula is C7H5FN2. The van der Waals surface area contributed by atoms with E-state index in [9.17, 15) is 4.39 Å². The smallest absolute Gasteiger partial charge is 0.141 e. The molecule has 0 spiro atoms. The zero-order chi connectivity index (χ0) is 6.97. The highest BCUT2D eigenvalue weighted by Crippen LogP contribution is 2.02. The van der Waals surface area contributed by atoms with Gasteiger partial charge in [0.1, 0.15) is 5.82 Å². The molecule has 3 heteroatoms. The van der Waals surface area contributed by atoms with Gasteiger partial charge in [0.05, 0.1) is 11.7 Å². The lowest BCUT2D eigenvalue weighted by Crippen LogP contribution is -1.86. The van der Waals surface area contributed by atoms with E-state index in [4.69, 9.17) is 0 Å². The molecule has 2 aromatic rings. The molecule has 0 fully saturated rings. The van der Waals surface area contributed by atoms with Crippen LogP contribution in [0.25, 0.3) is 5.52 Å². The number of halogens is 1. The average Bonchev–Trinajstić information content (AvgIpc) is 2.33. The van der Waals surface area contributed by atoms with Crippen molar-refractivity contribution in [1.82, 2.24) is 9.61 Å². The summed E-state index contributed by atoms with van der Waals surface area (Å²) in [5.41, 5.74) is 0.904. The van der Waals surface area contributed by atoms with Crippen molar-refractivity contribution >= 4 is 5.52 Å². The van der Waals surface area contributed by atoms with E-state index >= 15 is 0 Å². The molecule has 0 amide bonds. The second kappa shape index (κ2) is 1.80. The number of nitrogens with zero attached hydrogens (tertiary/aromatic N) is 2.